The first-order valence-corrected chi connectivity index (χ1v) is 2.88. The number of hydrogen-bond acceptors (Lipinski definition) is 4. The van der Waals surface area contributed by atoms with Crippen LogP contribution in [0.4, 0.5) is 10.2 Å². The van der Waals surface area contributed by atoms with E-state index in [4.69, 9.17) is 15.8 Å². The Morgan fingerprint density at radius 2 is 2.18 bits per heavy atom. The summed E-state index contributed by atoms with van der Waals surface area (Å²) in [6.07, 6.45) is 0.904. The maximum Gasteiger partial charge on any atom is 0.492 e. The minimum atomic E-state index is -1.78. The zero-order valence-corrected chi connectivity index (χ0v) is 5.53. The summed E-state index contributed by atoms with van der Waals surface area (Å²) in [7, 11) is -1.78. The van der Waals surface area contributed by atoms with Gasteiger partial charge in [-0.2, -0.15) is 0 Å². The third kappa shape index (κ3) is 1.66. The van der Waals surface area contributed by atoms with Crippen LogP contribution in [-0.2, 0) is 0 Å². The molecule has 11 heavy (non-hydrogen) atoms. The van der Waals surface area contributed by atoms with E-state index in [0.717, 1.165) is 12.3 Å². The SMILES string of the molecule is Nc1ncc(F)cc1B(O)O. The molecule has 0 unspecified atom stereocenters. The number of anilines is 1. The molecule has 0 saturated carbocycles. The van der Waals surface area contributed by atoms with Crippen LogP contribution in [0.25, 0.3) is 0 Å². The number of nitrogens with zero attached hydrogens (tertiary/aromatic N) is 1. The Morgan fingerprint density at radius 3 is 2.64 bits per heavy atom. The molecule has 4 nitrogen and oxygen atoms in total. The highest BCUT2D eigenvalue weighted by atomic mass is 19.1. The molecule has 0 aliphatic heterocycles. The summed E-state index contributed by atoms with van der Waals surface area (Å²) < 4.78 is 12.4. The largest absolute Gasteiger partial charge is 0.492 e. The minimum absolute atomic E-state index is 0.0820. The van der Waals surface area contributed by atoms with Crippen molar-refractivity contribution >= 4 is 18.4 Å². The Labute approximate surface area is 62.6 Å². The van der Waals surface area contributed by atoms with Gasteiger partial charge in [-0.15, -0.1) is 0 Å². The van der Waals surface area contributed by atoms with E-state index >= 15 is 0 Å². The highest BCUT2D eigenvalue weighted by Crippen LogP contribution is 1.96. The van der Waals surface area contributed by atoms with Crippen molar-refractivity contribution in [2.24, 2.45) is 0 Å². The second kappa shape index (κ2) is 2.85. The lowest BCUT2D eigenvalue weighted by atomic mass is 9.80. The molecule has 0 amide bonds. The van der Waals surface area contributed by atoms with Crippen molar-refractivity contribution in [1.29, 1.82) is 0 Å². The van der Waals surface area contributed by atoms with Crippen LogP contribution in [0.15, 0.2) is 12.3 Å². The van der Waals surface area contributed by atoms with Crippen LogP contribution in [0.5, 0.6) is 0 Å². The molecule has 0 radical (unpaired) electrons. The predicted octanol–water partition coefficient (Wildman–Crippen LogP) is -1.52. The van der Waals surface area contributed by atoms with Crippen molar-refractivity contribution in [3.63, 3.8) is 0 Å². The number of rotatable bonds is 1. The third-order valence-corrected chi connectivity index (χ3v) is 1.19. The lowest BCUT2D eigenvalue weighted by Gasteiger charge is -2.01. The van der Waals surface area contributed by atoms with E-state index in [1.165, 1.54) is 0 Å². The van der Waals surface area contributed by atoms with Crippen LogP contribution >= 0.6 is 0 Å². The van der Waals surface area contributed by atoms with Crippen molar-refractivity contribution in [2.75, 3.05) is 5.73 Å². The van der Waals surface area contributed by atoms with Gasteiger partial charge in [-0.1, -0.05) is 0 Å². The summed E-state index contributed by atoms with van der Waals surface area (Å²) in [6, 6.07) is 0.924. The van der Waals surface area contributed by atoms with Crippen LogP contribution < -0.4 is 11.2 Å². The number of pyridine rings is 1. The van der Waals surface area contributed by atoms with Gasteiger partial charge in [-0.25, -0.2) is 9.37 Å². The smallest absolute Gasteiger partial charge is 0.423 e. The van der Waals surface area contributed by atoms with Crippen molar-refractivity contribution in [3.8, 4) is 0 Å². The molecule has 0 aromatic carbocycles. The van der Waals surface area contributed by atoms with E-state index in [1.807, 2.05) is 0 Å². The highest BCUT2D eigenvalue weighted by molar-refractivity contribution is 6.60. The van der Waals surface area contributed by atoms with Gasteiger partial charge in [0.1, 0.15) is 11.6 Å². The topological polar surface area (TPSA) is 79.4 Å². The van der Waals surface area contributed by atoms with Crippen LogP contribution in [0, 0.1) is 5.82 Å². The molecule has 6 heteroatoms. The lowest BCUT2D eigenvalue weighted by Crippen LogP contribution is -2.33. The van der Waals surface area contributed by atoms with Gasteiger partial charge in [0.15, 0.2) is 0 Å². The van der Waals surface area contributed by atoms with Crippen molar-refractivity contribution in [3.05, 3.63) is 18.1 Å². The van der Waals surface area contributed by atoms with Gasteiger partial charge in [-0.05, 0) is 6.07 Å². The molecule has 0 bridgehead atoms. The van der Waals surface area contributed by atoms with E-state index in [2.05, 4.69) is 4.98 Å². The summed E-state index contributed by atoms with van der Waals surface area (Å²) in [6.45, 7) is 0. The first-order valence-electron chi connectivity index (χ1n) is 2.88. The van der Waals surface area contributed by atoms with E-state index < -0.39 is 12.9 Å². The Morgan fingerprint density at radius 1 is 1.55 bits per heavy atom. The number of nitrogens with two attached hydrogens (primary N) is 1. The predicted molar refractivity (Wildman–Crippen MR) is 38.4 cm³/mol. The van der Waals surface area contributed by atoms with Gasteiger partial charge < -0.3 is 15.8 Å². The van der Waals surface area contributed by atoms with Gasteiger partial charge in [0.2, 0.25) is 0 Å². The van der Waals surface area contributed by atoms with Gasteiger partial charge in [0.25, 0.3) is 0 Å². The summed E-state index contributed by atoms with van der Waals surface area (Å²) in [5.74, 6) is -0.733. The lowest BCUT2D eigenvalue weighted by molar-refractivity contribution is 0.425. The molecular formula is C5H6BFN2O2. The maximum atomic E-state index is 12.4. The van der Waals surface area contributed by atoms with E-state index in [9.17, 15) is 4.39 Å². The first-order chi connectivity index (χ1) is 5.11. The minimum Gasteiger partial charge on any atom is -0.423 e. The Bertz CT molecular complexity index is 269. The van der Waals surface area contributed by atoms with Gasteiger partial charge in [-0.3, -0.25) is 0 Å². The second-order valence-electron chi connectivity index (χ2n) is 2.00. The van der Waals surface area contributed by atoms with Gasteiger partial charge in [0, 0.05) is 5.46 Å². The Kier molecular flexibility index (Phi) is 2.07. The van der Waals surface area contributed by atoms with E-state index in [1.54, 1.807) is 0 Å². The molecule has 0 spiro atoms. The molecule has 1 aromatic heterocycles. The standard InChI is InChI=1S/C5H6BFN2O2/c7-3-1-4(6(10)11)5(8)9-2-3/h1-2,10-11H,(H2,8,9). The third-order valence-electron chi connectivity index (χ3n) is 1.19. The molecule has 0 aliphatic rings. The van der Waals surface area contributed by atoms with E-state index in [0.29, 0.717) is 0 Å². The number of hydrogen-bond donors (Lipinski definition) is 3. The fourth-order valence-corrected chi connectivity index (χ4v) is 0.672. The highest BCUT2D eigenvalue weighted by Gasteiger charge is 2.15. The molecule has 0 atom stereocenters. The van der Waals surface area contributed by atoms with E-state index in [-0.39, 0.29) is 11.3 Å². The van der Waals surface area contributed by atoms with Crippen LogP contribution in [0.2, 0.25) is 0 Å². The fraction of sp³-hybridized carbons (Fsp3) is 0. The monoisotopic (exact) mass is 156 g/mol. The normalized spacial score (nSPS) is 9.73. The van der Waals surface area contributed by atoms with Crippen LogP contribution in [0.1, 0.15) is 0 Å². The zero-order chi connectivity index (χ0) is 8.43. The summed E-state index contributed by atoms with van der Waals surface area (Å²) in [5, 5.41) is 17.2. The molecule has 1 heterocycles. The maximum absolute atomic E-state index is 12.4. The second-order valence-corrected chi connectivity index (χ2v) is 2.00. The average molecular weight is 156 g/mol. The Hall–Kier alpha value is -1.14. The van der Waals surface area contributed by atoms with Crippen LogP contribution in [-0.4, -0.2) is 22.2 Å². The molecular weight excluding hydrogens is 150 g/mol. The average Bonchev–Trinajstić information content (AvgIpc) is 1.94. The quantitative estimate of drug-likeness (QED) is 0.431. The molecule has 58 valence electrons. The number of nitrogen functional groups attached to an aromatic ring is 1. The first kappa shape index (κ1) is 7.97. The molecule has 0 saturated heterocycles. The summed E-state index contributed by atoms with van der Waals surface area (Å²) in [4.78, 5) is 3.38. The number of aromatic nitrogens is 1. The summed E-state index contributed by atoms with van der Waals surface area (Å²) in [5.41, 5.74) is 5.07. The number of halogens is 1. The van der Waals surface area contributed by atoms with Crippen LogP contribution in [0.3, 0.4) is 0 Å². The fourth-order valence-electron chi connectivity index (χ4n) is 0.672. The van der Waals surface area contributed by atoms with Crippen molar-refractivity contribution in [2.45, 2.75) is 0 Å². The molecule has 4 N–H and O–H groups in total. The molecule has 0 aliphatic carbocycles. The van der Waals surface area contributed by atoms with Crippen molar-refractivity contribution < 1.29 is 14.4 Å². The van der Waals surface area contributed by atoms with Gasteiger partial charge >= 0.3 is 7.12 Å². The molecule has 0 fully saturated rings. The Balaban J connectivity index is 3.13. The molecule has 1 aromatic rings. The van der Waals surface area contributed by atoms with Crippen molar-refractivity contribution in [1.82, 2.24) is 4.98 Å². The van der Waals surface area contributed by atoms with Gasteiger partial charge in [0.05, 0.1) is 6.20 Å². The molecule has 1 rings (SSSR count). The summed E-state index contributed by atoms with van der Waals surface area (Å²) >= 11 is 0. The zero-order valence-electron chi connectivity index (χ0n) is 5.53.